The molecule has 0 saturated carbocycles. The van der Waals surface area contributed by atoms with Crippen LogP contribution < -0.4 is 21.1 Å². The number of likely N-dealkylation sites (tertiary alicyclic amines) is 2. The molecule has 1 unspecified atom stereocenters. The third-order valence-electron chi connectivity index (χ3n) is 8.45. The average Bonchev–Trinajstić information content (AvgIpc) is 3.39. The number of nitrogens with zero attached hydrogens (tertiary/aromatic N) is 4. The first-order valence-electron chi connectivity index (χ1n) is 14.6. The van der Waals surface area contributed by atoms with E-state index in [0.717, 1.165) is 49.1 Å². The molecule has 0 spiro atoms. The topological polar surface area (TPSA) is 115 Å². The number of aromatic nitrogens is 2. The van der Waals surface area contributed by atoms with Crippen molar-refractivity contribution < 1.29 is 4.74 Å². The maximum absolute atomic E-state index is 8.94. The van der Waals surface area contributed by atoms with E-state index in [1.165, 1.54) is 52.0 Å². The molecular weight excluding hydrogens is 500 g/mol. The van der Waals surface area contributed by atoms with E-state index >= 15 is 0 Å². The van der Waals surface area contributed by atoms with E-state index in [1.54, 1.807) is 0 Å². The van der Waals surface area contributed by atoms with Gasteiger partial charge in [-0.2, -0.15) is 0 Å². The van der Waals surface area contributed by atoms with E-state index in [0.29, 0.717) is 34.7 Å². The molecule has 3 saturated heterocycles. The number of nitrogens with two attached hydrogens (primary N) is 1. The summed E-state index contributed by atoms with van der Waals surface area (Å²) in [6, 6.07) is 17.4. The molecule has 6 rings (SSSR count). The van der Waals surface area contributed by atoms with Gasteiger partial charge in [-0.1, -0.05) is 18.2 Å². The molecule has 5 N–H and O–H groups in total. The molecule has 40 heavy (non-hydrogen) atoms. The van der Waals surface area contributed by atoms with E-state index in [-0.39, 0.29) is 0 Å². The Balaban J connectivity index is 1.03. The molecule has 0 bridgehead atoms. The zero-order valence-electron chi connectivity index (χ0n) is 23.1. The van der Waals surface area contributed by atoms with Crippen LogP contribution >= 0.6 is 0 Å². The maximum Gasteiger partial charge on any atom is 0.141 e. The summed E-state index contributed by atoms with van der Waals surface area (Å²) in [6.45, 7) is 9.51. The molecule has 3 aromatic rings. The largest absolute Gasteiger partial charge is 0.457 e. The van der Waals surface area contributed by atoms with Crippen LogP contribution in [-0.4, -0.2) is 83.9 Å². The average molecular weight is 541 g/mol. The lowest BCUT2D eigenvalue weighted by Crippen LogP contribution is -2.48. The van der Waals surface area contributed by atoms with Gasteiger partial charge >= 0.3 is 0 Å². The highest BCUT2D eigenvalue weighted by atomic mass is 16.5. The Morgan fingerprint density at radius 1 is 0.900 bits per heavy atom. The molecule has 210 valence electrons. The van der Waals surface area contributed by atoms with Crippen LogP contribution in [0.1, 0.15) is 30.4 Å². The number of rotatable bonds is 10. The van der Waals surface area contributed by atoms with Gasteiger partial charge in [0.1, 0.15) is 29.5 Å². The minimum Gasteiger partial charge on any atom is -0.457 e. The second-order valence-electron chi connectivity index (χ2n) is 11.5. The zero-order valence-corrected chi connectivity index (χ0v) is 23.1. The van der Waals surface area contributed by atoms with Gasteiger partial charge in [0.2, 0.25) is 0 Å². The summed E-state index contributed by atoms with van der Waals surface area (Å²) in [5.74, 6) is 4.08. The smallest absolute Gasteiger partial charge is 0.141 e. The highest BCUT2D eigenvalue weighted by Gasteiger charge is 2.29. The van der Waals surface area contributed by atoms with Crippen LogP contribution in [-0.2, 0) is 0 Å². The summed E-state index contributed by atoms with van der Waals surface area (Å²) >= 11 is 0. The molecular formula is C31H40N8O. The Kier molecular flexibility index (Phi) is 8.22. The Morgan fingerprint density at radius 2 is 1.60 bits per heavy atom. The molecule has 3 aliphatic heterocycles. The normalized spacial score (nSPS) is 20.8. The van der Waals surface area contributed by atoms with E-state index in [1.807, 2.05) is 54.6 Å². The number of piperidine rings is 1. The lowest BCUT2D eigenvalue weighted by atomic mass is 10.00. The van der Waals surface area contributed by atoms with Crippen molar-refractivity contribution in [3.05, 3.63) is 72.1 Å². The van der Waals surface area contributed by atoms with Gasteiger partial charge in [-0.15, -0.1) is 0 Å². The first-order valence-corrected chi connectivity index (χ1v) is 14.6. The quantitative estimate of drug-likeness (QED) is 0.288. The standard InChI is InChI=1S/C31H40N8O/c32-29(24-6-8-27(9-7-24)40-26-4-2-1-3-5-26)28-30(33)35-21-36-31(28)37-25-11-14-38(15-12-25)18-22-10-13-39(19-22)20-23-16-34-17-23/h1-9,21-23,25,32,34H,10-20H2,(H3,33,35,36,37). The number of nitrogen functional groups attached to an aromatic ring is 1. The predicted octanol–water partition coefficient (Wildman–Crippen LogP) is 3.68. The van der Waals surface area contributed by atoms with Crippen molar-refractivity contribution in [1.82, 2.24) is 25.1 Å². The third-order valence-corrected chi connectivity index (χ3v) is 8.45. The minimum atomic E-state index is 0.296. The molecule has 1 aromatic heterocycles. The number of hydrogen-bond acceptors (Lipinski definition) is 9. The zero-order chi connectivity index (χ0) is 27.3. The minimum absolute atomic E-state index is 0.296. The lowest BCUT2D eigenvalue weighted by Gasteiger charge is -2.34. The van der Waals surface area contributed by atoms with E-state index < -0.39 is 0 Å². The van der Waals surface area contributed by atoms with Gasteiger partial charge < -0.3 is 30.9 Å². The van der Waals surface area contributed by atoms with E-state index in [2.05, 4.69) is 30.4 Å². The molecule has 2 aromatic carbocycles. The van der Waals surface area contributed by atoms with Gasteiger partial charge in [-0.3, -0.25) is 5.41 Å². The van der Waals surface area contributed by atoms with Gasteiger partial charge in [0, 0.05) is 57.4 Å². The molecule has 0 radical (unpaired) electrons. The number of benzene rings is 2. The summed E-state index contributed by atoms with van der Waals surface area (Å²) < 4.78 is 5.90. The van der Waals surface area contributed by atoms with E-state index in [9.17, 15) is 0 Å². The van der Waals surface area contributed by atoms with Gasteiger partial charge in [-0.05, 0) is 74.0 Å². The third kappa shape index (κ3) is 6.43. The fourth-order valence-electron chi connectivity index (χ4n) is 6.10. The van der Waals surface area contributed by atoms with Crippen molar-refractivity contribution >= 4 is 17.3 Å². The number of nitrogens with one attached hydrogen (secondary N) is 3. The summed E-state index contributed by atoms with van der Waals surface area (Å²) in [6.07, 6.45) is 4.90. The molecule has 4 heterocycles. The first kappa shape index (κ1) is 26.7. The SMILES string of the molecule is N=C(c1ccc(Oc2ccccc2)cc1)c1c(N)ncnc1NC1CCN(CC2CCN(CC3CNC3)C2)CC1. The Morgan fingerprint density at radius 3 is 2.33 bits per heavy atom. The molecule has 0 aliphatic carbocycles. The van der Waals surface area contributed by atoms with Crippen LogP contribution in [0.2, 0.25) is 0 Å². The second kappa shape index (κ2) is 12.3. The van der Waals surface area contributed by atoms with Crippen molar-refractivity contribution in [3.63, 3.8) is 0 Å². The number of hydrogen-bond donors (Lipinski definition) is 4. The van der Waals surface area contributed by atoms with Crippen molar-refractivity contribution in [1.29, 1.82) is 5.41 Å². The van der Waals surface area contributed by atoms with Crippen LogP contribution in [0.5, 0.6) is 11.5 Å². The summed E-state index contributed by atoms with van der Waals surface area (Å²) in [4.78, 5) is 14.0. The highest BCUT2D eigenvalue weighted by Crippen LogP contribution is 2.27. The van der Waals surface area contributed by atoms with Gasteiger partial charge in [0.15, 0.2) is 0 Å². The fourth-order valence-corrected chi connectivity index (χ4v) is 6.10. The summed E-state index contributed by atoms with van der Waals surface area (Å²) in [5.41, 5.74) is 7.88. The molecule has 3 fully saturated rings. The predicted molar refractivity (Wildman–Crippen MR) is 159 cm³/mol. The number of ether oxygens (including phenoxy) is 1. The van der Waals surface area contributed by atoms with Crippen LogP contribution in [0.15, 0.2) is 60.9 Å². The first-order chi connectivity index (χ1) is 19.6. The van der Waals surface area contributed by atoms with Crippen LogP contribution in [0, 0.1) is 17.2 Å². The fraction of sp³-hybridized carbons (Fsp3) is 0.452. The van der Waals surface area contributed by atoms with Crippen molar-refractivity contribution in [3.8, 4) is 11.5 Å². The Labute approximate surface area is 236 Å². The highest BCUT2D eigenvalue weighted by molar-refractivity contribution is 6.16. The molecule has 0 amide bonds. The second-order valence-corrected chi connectivity index (χ2v) is 11.5. The van der Waals surface area contributed by atoms with Gasteiger partial charge in [0.25, 0.3) is 0 Å². The lowest BCUT2D eigenvalue weighted by molar-refractivity contribution is 0.178. The number of para-hydroxylation sites is 1. The van der Waals surface area contributed by atoms with Gasteiger partial charge in [0.05, 0.1) is 11.3 Å². The molecule has 9 heteroatoms. The van der Waals surface area contributed by atoms with Crippen molar-refractivity contribution in [2.75, 3.05) is 63.4 Å². The van der Waals surface area contributed by atoms with Crippen LogP contribution in [0.25, 0.3) is 0 Å². The van der Waals surface area contributed by atoms with Crippen LogP contribution in [0.4, 0.5) is 11.6 Å². The summed E-state index contributed by atoms with van der Waals surface area (Å²) in [5, 5.41) is 15.9. The van der Waals surface area contributed by atoms with Crippen LogP contribution in [0.3, 0.4) is 0 Å². The number of anilines is 2. The monoisotopic (exact) mass is 540 g/mol. The van der Waals surface area contributed by atoms with Crippen molar-refractivity contribution in [2.45, 2.75) is 25.3 Å². The maximum atomic E-state index is 8.94. The molecule has 3 aliphatic rings. The Hall–Kier alpha value is -3.53. The van der Waals surface area contributed by atoms with Crippen molar-refractivity contribution in [2.24, 2.45) is 11.8 Å². The summed E-state index contributed by atoms with van der Waals surface area (Å²) in [7, 11) is 0. The molecule has 9 nitrogen and oxygen atoms in total. The van der Waals surface area contributed by atoms with Gasteiger partial charge in [-0.25, -0.2) is 9.97 Å². The molecule has 1 atom stereocenters. The Bertz CT molecular complexity index is 1270. The van der Waals surface area contributed by atoms with E-state index in [4.69, 9.17) is 15.9 Å².